The highest BCUT2D eigenvalue weighted by atomic mass is 15.2. The second kappa shape index (κ2) is 14.1. The molecule has 0 aliphatic rings. The highest BCUT2D eigenvalue weighted by molar-refractivity contribution is 6.41. The predicted octanol–water partition coefficient (Wildman–Crippen LogP) is 17.5. The van der Waals surface area contributed by atoms with Gasteiger partial charge >= 0.3 is 0 Å². The van der Waals surface area contributed by atoms with Crippen LogP contribution in [0.3, 0.4) is 0 Å². The van der Waals surface area contributed by atoms with Crippen molar-refractivity contribution in [3.05, 3.63) is 231 Å². The Morgan fingerprint density at radius 2 is 0.757 bits per heavy atom. The topological polar surface area (TPSA) is 35.6 Å². The zero-order chi connectivity index (χ0) is 45.6. The van der Waals surface area contributed by atoms with E-state index in [1.54, 1.807) is 0 Å². The molecule has 322 valence electrons. The zero-order valence-electron chi connectivity index (χ0n) is 37.7. The Morgan fingerprint density at radius 1 is 0.271 bits per heavy atom. The normalized spacial score (nSPS) is 12.3. The minimum atomic E-state index is 0.645. The van der Waals surface area contributed by atoms with Gasteiger partial charge in [0, 0.05) is 37.9 Å². The zero-order valence-corrected chi connectivity index (χ0v) is 37.7. The van der Waals surface area contributed by atoms with E-state index < -0.39 is 0 Å². The van der Waals surface area contributed by atoms with E-state index in [2.05, 4.69) is 240 Å². The number of fused-ring (bicyclic) bond motifs is 13. The summed E-state index contributed by atoms with van der Waals surface area (Å²) in [4.78, 5) is 11.2. The quantitative estimate of drug-likeness (QED) is 0.130. The van der Waals surface area contributed by atoms with Gasteiger partial charge in [-0.15, -0.1) is 0 Å². The van der Waals surface area contributed by atoms with Crippen molar-refractivity contribution in [1.29, 1.82) is 0 Å². The molecule has 0 amide bonds. The van der Waals surface area contributed by atoms with Crippen LogP contribution in [0.2, 0.25) is 0 Å². The van der Waals surface area contributed by atoms with Crippen LogP contribution in [0.5, 0.6) is 0 Å². The summed E-state index contributed by atoms with van der Waals surface area (Å²) in [7, 11) is 0. The van der Waals surface area contributed by atoms with E-state index >= 15 is 0 Å². The highest BCUT2D eigenvalue weighted by Gasteiger charge is 2.25. The molecule has 0 radical (unpaired) electrons. The standard InChI is InChI=1S/C66H38N4/c1-2-17-39(18-3-1)41-35-36-47(44-23-7-6-22-43(41)44)65-48-24-8-11-31-55(48)67-66(68-65)70-58-33-13-10-26-50(58)64-52-30-16-28-46-45-27-15-29-51-61(45)53(54(62(46)52)38-60(64)70)37-59-63(51)49-25-9-12-32-57(49)69(59)56-34-14-20-40-19-4-5-21-42(40)56/h1-38H. The first kappa shape index (κ1) is 37.7. The van der Waals surface area contributed by atoms with Gasteiger partial charge in [-0.05, 0) is 107 Å². The van der Waals surface area contributed by atoms with E-state index in [-0.39, 0.29) is 0 Å². The highest BCUT2D eigenvalue weighted by Crippen LogP contribution is 2.49. The average molecular weight is 887 g/mol. The number of hydrogen-bond acceptors (Lipinski definition) is 2. The summed E-state index contributed by atoms with van der Waals surface area (Å²) in [6.07, 6.45) is 0. The molecule has 13 aromatic carbocycles. The fourth-order valence-electron chi connectivity index (χ4n) is 12.4. The van der Waals surface area contributed by atoms with Gasteiger partial charge in [0.25, 0.3) is 0 Å². The van der Waals surface area contributed by atoms with Crippen LogP contribution >= 0.6 is 0 Å². The number of benzene rings is 13. The van der Waals surface area contributed by atoms with Gasteiger partial charge in [-0.3, -0.25) is 4.57 Å². The maximum absolute atomic E-state index is 5.69. The van der Waals surface area contributed by atoms with Crippen molar-refractivity contribution in [1.82, 2.24) is 19.1 Å². The smallest absolute Gasteiger partial charge is 0.235 e. The Kier molecular flexibility index (Phi) is 7.58. The lowest BCUT2D eigenvalue weighted by Crippen LogP contribution is -2.04. The third kappa shape index (κ3) is 5.03. The molecule has 0 spiro atoms. The molecule has 0 unspecified atom stereocenters. The second-order valence-electron chi connectivity index (χ2n) is 18.8. The van der Waals surface area contributed by atoms with E-state index in [0.29, 0.717) is 5.95 Å². The van der Waals surface area contributed by atoms with Gasteiger partial charge in [0.2, 0.25) is 5.95 Å². The van der Waals surface area contributed by atoms with E-state index in [1.165, 1.54) is 109 Å². The molecule has 3 heterocycles. The third-order valence-corrected chi connectivity index (χ3v) is 15.2. The van der Waals surface area contributed by atoms with Crippen LogP contribution in [0.1, 0.15) is 0 Å². The van der Waals surface area contributed by atoms with Crippen LogP contribution in [0.15, 0.2) is 231 Å². The molecule has 0 saturated heterocycles. The van der Waals surface area contributed by atoms with E-state index in [4.69, 9.17) is 9.97 Å². The molecule has 16 rings (SSSR count). The first-order valence-electron chi connectivity index (χ1n) is 24.1. The molecule has 70 heavy (non-hydrogen) atoms. The van der Waals surface area contributed by atoms with E-state index in [0.717, 1.165) is 38.6 Å². The first-order chi connectivity index (χ1) is 34.8. The molecule has 0 bridgehead atoms. The van der Waals surface area contributed by atoms with Crippen LogP contribution in [0, 0.1) is 0 Å². The van der Waals surface area contributed by atoms with Crippen molar-refractivity contribution in [2.24, 2.45) is 0 Å². The summed E-state index contributed by atoms with van der Waals surface area (Å²) in [6.45, 7) is 0. The molecule has 0 saturated carbocycles. The van der Waals surface area contributed by atoms with Gasteiger partial charge < -0.3 is 4.57 Å². The van der Waals surface area contributed by atoms with Crippen LogP contribution in [0.4, 0.5) is 0 Å². The Labute approximate surface area is 400 Å². The Bertz CT molecular complexity index is 4880. The summed E-state index contributed by atoms with van der Waals surface area (Å²) in [6, 6.07) is 84.3. The SMILES string of the molecule is c1ccc(-c2ccc(-c3nc(-n4c5ccccc5c5c6cccc7c8cccc9c8c(cc8c9c9ccccc9n8-c8cccc9ccccc89)c(cc54)c76)nc4ccccc34)c3ccccc23)cc1. The van der Waals surface area contributed by atoms with E-state index in [1.807, 2.05) is 0 Å². The Morgan fingerprint density at radius 3 is 1.46 bits per heavy atom. The van der Waals surface area contributed by atoms with Gasteiger partial charge in [0.05, 0.1) is 39.0 Å². The van der Waals surface area contributed by atoms with Crippen molar-refractivity contribution in [3.8, 4) is 34.0 Å². The summed E-state index contributed by atoms with van der Waals surface area (Å²) in [5, 5.41) is 20.7. The molecular weight excluding hydrogens is 849 g/mol. The number of nitrogens with zero attached hydrogens (tertiary/aromatic N) is 4. The molecule has 0 aliphatic heterocycles. The molecular formula is C66H38N4. The summed E-state index contributed by atoms with van der Waals surface area (Å²) < 4.78 is 4.83. The lowest BCUT2D eigenvalue weighted by molar-refractivity contribution is 1.01. The minimum Gasteiger partial charge on any atom is -0.309 e. The van der Waals surface area contributed by atoms with Crippen LogP contribution in [0.25, 0.3) is 153 Å². The van der Waals surface area contributed by atoms with Crippen LogP contribution < -0.4 is 0 Å². The lowest BCUT2D eigenvalue weighted by atomic mass is 9.87. The van der Waals surface area contributed by atoms with Gasteiger partial charge in [-0.1, -0.05) is 194 Å². The molecule has 16 aromatic rings. The van der Waals surface area contributed by atoms with Gasteiger partial charge in [0.15, 0.2) is 0 Å². The average Bonchev–Trinajstić information content (AvgIpc) is 3.95. The molecule has 0 aliphatic carbocycles. The number of para-hydroxylation sites is 3. The predicted molar refractivity (Wildman–Crippen MR) is 295 cm³/mol. The lowest BCUT2D eigenvalue weighted by Gasteiger charge is -2.18. The van der Waals surface area contributed by atoms with Crippen molar-refractivity contribution >= 4 is 119 Å². The second-order valence-corrected chi connectivity index (χ2v) is 18.8. The summed E-state index contributed by atoms with van der Waals surface area (Å²) in [5.74, 6) is 0.645. The molecule has 0 atom stereocenters. The van der Waals surface area contributed by atoms with Crippen molar-refractivity contribution < 1.29 is 0 Å². The summed E-state index contributed by atoms with van der Waals surface area (Å²) in [5.41, 5.74) is 11.0. The van der Waals surface area contributed by atoms with Crippen molar-refractivity contribution in [2.45, 2.75) is 0 Å². The van der Waals surface area contributed by atoms with Gasteiger partial charge in [0.1, 0.15) is 0 Å². The molecule has 0 N–H and O–H groups in total. The van der Waals surface area contributed by atoms with Crippen LogP contribution in [-0.2, 0) is 0 Å². The molecule has 3 aromatic heterocycles. The Balaban J connectivity index is 1.05. The summed E-state index contributed by atoms with van der Waals surface area (Å²) >= 11 is 0. The fraction of sp³-hybridized carbons (Fsp3) is 0. The van der Waals surface area contributed by atoms with Crippen molar-refractivity contribution in [3.63, 3.8) is 0 Å². The molecule has 4 heteroatoms. The number of hydrogen-bond donors (Lipinski definition) is 0. The minimum absolute atomic E-state index is 0.645. The first-order valence-corrected chi connectivity index (χ1v) is 24.1. The van der Waals surface area contributed by atoms with Crippen LogP contribution in [-0.4, -0.2) is 19.1 Å². The third-order valence-electron chi connectivity index (χ3n) is 15.2. The number of rotatable bonds is 4. The number of aromatic nitrogens is 4. The molecule has 0 fully saturated rings. The van der Waals surface area contributed by atoms with Gasteiger partial charge in [-0.25, -0.2) is 9.97 Å². The Hall–Kier alpha value is -9.38. The maximum atomic E-state index is 5.69. The van der Waals surface area contributed by atoms with Gasteiger partial charge in [-0.2, -0.15) is 0 Å². The fourth-order valence-corrected chi connectivity index (χ4v) is 12.4. The molecule has 4 nitrogen and oxygen atoms in total. The van der Waals surface area contributed by atoms with E-state index in [9.17, 15) is 0 Å². The monoisotopic (exact) mass is 886 g/mol. The van der Waals surface area contributed by atoms with Crippen molar-refractivity contribution in [2.75, 3.05) is 0 Å². The maximum Gasteiger partial charge on any atom is 0.235 e. The largest absolute Gasteiger partial charge is 0.309 e.